The van der Waals surface area contributed by atoms with E-state index < -0.39 is 5.60 Å². The zero-order valence-electron chi connectivity index (χ0n) is 18.5. The monoisotopic (exact) mass is 406 g/mol. The fraction of sp³-hybridized carbons (Fsp3) is 0.958. The first-order valence-corrected chi connectivity index (χ1v) is 12.1. The first kappa shape index (κ1) is 21.6. The minimum Gasteiger partial charge on any atom is -0.396 e. The number of nitrogens with zero attached hydrogens (tertiary/aromatic N) is 1. The molecule has 0 saturated heterocycles. The van der Waals surface area contributed by atoms with E-state index in [2.05, 4.69) is 19.0 Å². The predicted molar refractivity (Wildman–Crippen MR) is 115 cm³/mol. The van der Waals surface area contributed by atoms with Gasteiger partial charge >= 0.3 is 0 Å². The number of hydrogen-bond acceptors (Lipinski definition) is 5. The molecular weight excluding hydrogens is 364 g/mol. The van der Waals surface area contributed by atoms with Crippen molar-refractivity contribution in [1.29, 1.82) is 0 Å². The molecule has 5 heteroatoms. The van der Waals surface area contributed by atoms with Crippen molar-refractivity contribution in [2.24, 2.45) is 45.4 Å². The molecule has 4 aliphatic carbocycles. The van der Waals surface area contributed by atoms with Crippen LogP contribution in [0.15, 0.2) is 5.16 Å². The van der Waals surface area contributed by atoms with Gasteiger partial charge in [-0.3, -0.25) is 0 Å². The summed E-state index contributed by atoms with van der Waals surface area (Å²) in [6, 6.07) is 0. The van der Waals surface area contributed by atoms with Gasteiger partial charge < -0.3 is 20.8 Å². The first-order chi connectivity index (χ1) is 13.8. The van der Waals surface area contributed by atoms with Crippen molar-refractivity contribution in [3.63, 3.8) is 0 Å². The number of aliphatic hydroxyl groups is 2. The van der Waals surface area contributed by atoms with E-state index in [1.54, 1.807) is 0 Å². The van der Waals surface area contributed by atoms with E-state index in [0.717, 1.165) is 57.8 Å². The highest BCUT2D eigenvalue weighted by molar-refractivity contribution is 5.57. The van der Waals surface area contributed by atoms with Crippen molar-refractivity contribution in [2.45, 2.75) is 96.2 Å². The first-order valence-electron chi connectivity index (χ1n) is 12.1. The zero-order valence-corrected chi connectivity index (χ0v) is 18.5. The molecule has 4 fully saturated rings. The smallest absolute Gasteiger partial charge is 0.118 e. The Morgan fingerprint density at radius 1 is 1.07 bits per heavy atom. The highest BCUT2D eigenvalue weighted by Gasteiger charge is 2.66. The van der Waals surface area contributed by atoms with Gasteiger partial charge in [0.15, 0.2) is 0 Å². The molecule has 0 aromatic carbocycles. The van der Waals surface area contributed by atoms with E-state index in [9.17, 15) is 10.2 Å². The zero-order chi connectivity index (χ0) is 20.7. The Balaban J connectivity index is 1.46. The van der Waals surface area contributed by atoms with Gasteiger partial charge in [0.25, 0.3) is 0 Å². The summed E-state index contributed by atoms with van der Waals surface area (Å²) in [6.45, 7) is 6.04. The average Bonchev–Trinajstić information content (AvgIpc) is 2.96. The number of aliphatic hydroxyl groups excluding tert-OH is 1. The van der Waals surface area contributed by atoms with Crippen LogP contribution >= 0.6 is 0 Å². The van der Waals surface area contributed by atoms with Gasteiger partial charge in [0.1, 0.15) is 6.61 Å². The van der Waals surface area contributed by atoms with E-state index in [-0.39, 0.29) is 11.5 Å². The third kappa shape index (κ3) is 3.45. The molecule has 0 bridgehead atoms. The Hall–Kier alpha value is -0.650. The van der Waals surface area contributed by atoms with Crippen LogP contribution in [-0.4, -0.2) is 41.3 Å². The quantitative estimate of drug-likeness (QED) is 0.355. The average molecular weight is 407 g/mol. The van der Waals surface area contributed by atoms with Crippen LogP contribution in [0.5, 0.6) is 0 Å². The van der Waals surface area contributed by atoms with Gasteiger partial charge in [0, 0.05) is 6.21 Å². The minimum atomic E-state index is -0.543. The van der Waals surface area contributed by atoms with E-state index >= 15 is 0 Å². The van der Waals surface area contributed by atoms with Crippen molar-refractivity contribution in [3.05, 3.63) is 0 Å². The Kier molecular flexibility index (Phi) is 6.04. The topological polar surface area (TPSA) is 88.1 Å². The molecule has 166 valence electrons. The molecule has 8 atom stereocenters. The number of nitrogens with two attached hydrogens (primary N) is 1. The minimum absolute atomic E-state index is 0.0190. The maximum absolute atomic E-state index is 12.1. The highest BCUT2D eigenvalue weighted by atomic mass is 16.6. The summed E-state index contributed by atoms with van der Waals surface area (Å²) in [5, 5.41) is 26.5. The summed E-state index contributed by atoms with van der Waals surface area (Å²) in [6.07, 6.45) is 13.2. The Morgan fingerprint density at radius 3 is 2.69 bits per heavy atom. The molecule has 0 aromatic rings. The van der Waals surface area contributed by atoms with Crippen molar-refractivity contribution in [2.75, 3.05) is 13.2 Å². The molecule has 0 aromatic heterocycles. The van der Waals surface area contributed by atoms with Gasteiger partial charge in [0.05, 0.1) is 11.7 Å². The largest absolute Gasteiger partial charge is 0.396 e. The molecule has 0 amide bonds. The van der Waals surface area contributed by atoms with Gasteiger partial charge in [-0.15, -0.1) is 0 Å². The number of rotatable bonds is 6. The number of hydrogen-bond donors (Lipinski definition) is 3. The molecule has 4 N–H and O–H groups in total. The van der Waals surface area contributed by atoms with E-state index in [1.165, 1.54) is 12.8 Å². The molecular formula is C24H42N2O3. The SMILES string of the molecule is C[C@]12CC[C@H](O)C[C@H]1CC[C@@H]1[C@@H]2CC[C@]2(C)[C@@H](C/C=N/OCCCN)CC[C@]12O. The summed E-state index contributed by atoms with van der Waals surface area (Å²) in [4.78, 5) is 5.30. The van der Waals surface area contributed by atoms with Crippen molar-refractivity contribution >= 4 is 6.21 Å². The fourth-order valence-electron chi connectivity index (χ4n) is 8.12. The second-order valence-electron chi connectivity index (χ2n) is 11.0. The third-order valence-corrected chi connectivity index (χ3v) is 10.00. The van der Waals surface area contributed by atoms with Gasteiger partial charge in [-0.2, -0.15) is 0 Å². The van der Waals surface area contributed by atoms with Crippen LogP contribution < -0.4 is 5.73 Å². The van der Waals surface area contributed by atoms with Gasteiger partial charge in [-0.05, 0) is 112 Å². The second kappa shape index (κ2) is 8.12. The fourth-order valence-corrected chi connectivity index (χ4v) is 8.12. The van der Waals surface area contributed by atoms with Gasteiger partial charge in [-0.1, -0.05) is 19.0 Å². The molecule has 4 aliphatic rings. The lowest BCUT2D eigenvalue weighted by molar-refractivity contribution is -0.209. The summed E-state index contributed by atoms with van der Waals surface area (Å²) in [5.41, 5.74) is 5.23. The van der Waals surface area contributed by atoms with Crippen molar-refractivity contribution < 1.29 is 15.1 Å². The molecule has 0 aliphatic heterocycles. The third-order valence-electron chi connectivity index (χ3n) is 10.00. The molecule has 0 unspecified atom stereocenters. The Morgan fingerprint density at radius 2 is 1.90 bits per heavy atom. The lowest BCUT2D eigenvalue weighted by Gasteiger charge is -2.63. The number of oxime groups is 1. The van der Waals surface area contributed by atoms with E-state index in [0.29, 0.717) is 42.2 Å². The van der Waals surface area contributed by atoms with Crippen LogP contribution in [0.3, 0.4) is 0 Å². The van der Waals surface area contributed by atoms with Crippen LogP contribution in [0.4, 0.5) is 0 Å². The molecule has 4 saturated carbocycles. The lowest BCUT2D eigenvalue weighted by Crippen LogP contribution is -2.62. The second-order valence-corrected chi connectivity index (χ2v) is 11.0. The molecule has 0 heterocycles. The van der Waals surface area contributed by atoms with Crippen molar-refractivity contribution in [1.82, 2.24) is 0 Å². The molecule has 4 rings (SSSR count). The molecule has 5 nitrogen and oxygen atoms in total. The maximum atomic E-state index is 12.1. The summed E-state index contributed by atoms with van der Waals surface area (Å²) >= 11 is 0. The summed E-state index contributed by atoms with van der Waals surface area (Å²) < 4.78 is 0. The van der Waals surface area contributed by atoms with Gasteiger partial charge in [-0.25, -0.2) is 0 Å². The Bertz CT molecular complexity index is 613. The molecule has 29 heavy (non-hydrogen) atoms. The van der Waals surface area contributed by atoms with E-state index in [1.807, 2.05) is 6.21 Å². The predicted octanol–water partition coefficient (Wildman–Crippen LogP) is 3.86. The van der Waals surface area contributed by atoms with Crippen LogP contribution in [0.25, 0.3) is 0 Å². The number of fused-ring (bicyclic) bond motifs is 5. The molecule has 0 radical (unpaired) electrons. The Labute approximate surface area is 176 Å². The lowest BCUT2D eigenvalue weighted by atomic mass is 9.43. The summed E-state index contributed by atoms with van der Waals surface area (Å²) in [5.74, 6) is 2.14. The highest BCUT2D eigenvalue weighted by Crippen LogP contribution is 2.69. The van der Waals surface area contributed by atoms with Crippen LogP contribution in [-0.2, 0) is 4.84 Å². The maximum Gasteiger partial charge on any atom is 0.118 e. The van der Waals surface area contributed by atoms with Gasteiger partial charge in [0.2, 0.25) is 0 Å². The van der Waals surface area contributed by atoms with E-state index in [4.69, 9.17) is 10.6 Å². The summed E-state index contributed by atoms with van der Waals surface area (Å²) in [7, 11) is 0. The van der Waals surface area contributed by atoms with Crippen molar-refractivity contribution in [3.8, 4) is 0 Å². The standard InChI is InChI=1S/C24H42N2O3/c1-22-10-7-19(27)16-18(22)4-5-21-20(22)8-11-23(2)17(6-12-24(21,23)28)9-14-26-29-15-3-13-25/h14,17-21,27-28H,3-13,15-16,25H2,1-2H3/b26-14+/t17-,18-,19+,20+,21-,22+,23-,24+/m1/s1. The van der Waals surface area contributed by atoms with Crippen LogP contribution in [0.2, 0.25) is 0 Å². The van der Waals surface area contributed by atoms with Crippen LogP contribution in [0, 0.1) is 34.5 Å². The molecule has 0 spiro atoms. The van der Waals surface area contributed by atoms with Crippen LogP contribution in [0.1, 0.15) is 84.5 Å². The normalized spacial score (nSPS) is 49.5.